The van der Waals surface area contributed by atoms with Crippen molar-refractivity contribution in [2.75, 3.05) is 32.8 Å². The van der Waals surface area contributed by atoms with Crippen molar-refractivity contribution in [2.45, 2.75) is 25.8 Å². The number of carbonyl (C=O) groups is 3. The lowest BCUT2D eigenvalue weighted by atomic mass is 10.3. The second-order valence-corrected chi connectivity index (χ2v) is 4.74. The molecule has 1 saturated heterocycles. The Morgan fingerprint density at radius 3 is 2.50 bits per heavy atom. The van der Waals surface area contributed by atoms with E-state index in [4.69, 9.17) is 5.11 Å². The Labute approximate surface area is 117 Å². The van der Waals surface area contributed by atoms with Crippen LogP contribution < -0.4 is 10.6 Å². The molecule has 0 aromatic rings. The number of carbonyl (C=O) groups excluding carboxylic acids is 2. The quantitative estimate of drug-likeness (QED) is 0.577. The molecule has 1 aliphatic rings. The van der Waals surface area contributed by atoms with Crippen molar-refractivity contribution in [3.63, 3.8) is 0 Å². The van der Waals surface area contributed by atoms with Gasteiger partial charge in [0, 0.05) is 12.6 Å². The van der Waals surface area contributed by atoms with Gasteiger partial charge in [-0.3, -0.25) is 15.0 Å². The fourth-order valence-electron chi connectivity index (χ4n) is 1.99. The molecule has 1 rings (SSSR count). The zero-order chi connectivity index (χ0) is 15.0. The zero-order valence-electron chi connectivity index (χ0n) is 11.6. The lowest BCUT2D eigenvalue weighted by Crippen LogP contribution is -2.46. The summed E-state index contributed by atoms with van der Waals surface area (Å²) in [6.07, 6.45) is 2.35. The van der Waals surface area contributed by atoms with Crippen molar-refractivity contribution in [3.8, 4) is 0 Å². The SMILES string of the molecule is CC(CNC(=O)NC(=O)COCC(=O)O)N1CCCC1. The number of imide groups is 1. The molecule has 114 valence electrons. The van der Waals surface area contributed by atoms with Gasteiger partial charge in [-0.1, -0.05) is 0 Å². The van der Waals surface area contributed by atoms with Crippen LogP contribution in [-0.2, 0) is 14.3 Å². The van der Waals surface area contributed by atoms with Gasteiger partial charge in [-0.15, -0.1) is 0 Å². The molecule has 0 aromatic carbocycles. The van der Waals surface area contributed by atoms with Crippen LogP contribution in [-0.4, -0.2) is 66.8 Å². The largest absolute Gasteiger partial charge is 0.480 e. The molecule has 3 N–H and O–H groups in total. The van der Waals surface area contributed by atoms with Crippen molar-refractivity contribution in [2.24, 2.45) is 0 Å². The maximum Gasteiger partial charge on any atom is 0.329 e. The van der Waals surface area contributed by atoms with E-state index in [2.05, 4.69) is 20.3 Å². The minimum atomic E-state index is -1.17. The van der Waals surface area contributed by atoms with Gasteiger partial charge in [0.05, 0.1) is 0 Å². The maximum absolute atomic E-state index is 11.4. The van der Waals surface area contributed by atoms with Crippen LogP contribution in [0.15, 0.2) is 0 Å². The van der Waals surface area contributed by atoms with E-state index in [1.165, 1.54) is 12.8 Å². The predicted molar refractivity (Wildman–Crippen MR) is 70.3 cm³/mol. The maximum atomic E-state index is 11.4. The first kappa shape index (κ1) is 16.4. The van der Waals surface area contributed by atoms with Gasteiger partial charge in [-0.2, -0.15) is 0 Å². The van der Waals surface area contributed by atoms with E-state index in [0.29, 0.717) is 6.54 Å². The van der Waals surface area contributed by atoms with E-state index in [-0.39, 0.29) is 6.04 Å². The number of nitrogens with one attached hydrogen (secondary N) is 2. The van der Waals surface area contributed by atoms with Crippen LogP contribution >= 0.6 is 0 Å². The molecule has 3 amide bonds. The van der Waals surface area contributed by atoms with Crippen LogP contribution in [0.25, 0.3) is 0 Å². The number of aliphatic carboxylic acids is 1. The van der Waals surface area contributed by atoms with Gasteiger partial charge in [-0.25, -0.2) is 9.59 Å². The zero-order valence-corrected chi connectivity index (χ0v) is 11.6. The number of amides is 3. The van der Waals surface area contributed by atoms with Gasteiger partial charge in [0.15, 0.2) is 0 Å². The number of rotatable bonds is 7. The molecule has 8 heteroatoms. The van der Waals surface area contributed by atoms with Crippen molar-refractivity contribution < 1.29 is 24.2 Å². The minimum absolute atomic E-state index is 0.224. The van der Waals surface area contributed by atoms with E-state index >= 15 is 0 Å². The Hall–Kier alpha value is -1.67. The molecule has 0 spiro atoms. The number of ether oxygens (including phenoxy) is 1. The van der Waals surface area contributed by atoms with E-state index in [1.807, 2.05) is 6.92 Å². The molecule has 1 fully saturated rings. The summed E-state index contributed by atoms with van der Waals surface area (Å²) >= 11 is 0. The monoisotopic (exact) mass is 287 g/mol. The number of nitrogens with zero attached hydrogens (tertiary/aromatic N) is 1. The highest BCUT2D eigenvalue weighted by atomic mass is 16.5. The van der Waals surface area contributed by atoms with Gasteiger partial charge in [-0.05, 0) is 32.9 Å². The predicted octanol–water partition coefficient (Wildman–Crippen LogP) is -0.602. The topological polar surface area (TPSA) is 108 Å². The highest BCUT2D eigenvalue weighted by Gasteiger charge is 2.18. The van der Waals surface area contributed by atoms with Crippen LogP contribution in [0.5, 0.6) is 0 Å². The Morgan fingerprint density at radius 2 is 1.90 bits per heavy atom. The lowest BCUT2D eigenvalue weighted by molar-refractivity contribution is -0.143. The smallest absolute Gasteiger partial charge is 0.329 e. The number of hydrogen-bond acceptors (Lipinski definition) is 5. The second-order valence-electron chi connectivity index (χ2n) is 4.74. The van der Waals surface area contributed by atoms with Gasteiger partial charge in [0.25, 0.3) is 5.91 Å². The number of hydrogen-bond donors (Lipinski definition) is 3. The normalized spacial score (nSPS) is 16.6. The van der Waals surface area contributed by atoms with Crippen LogP contribution in [0.2, 0.25) is 0 Å². The number of carboxylic acid groups (broad SMARTS) is 1. The first-order valence-corrected chi connectivity index (χ1v) is 6.60. The molecule has 0 radical (unpaired) electrons. The van der Waals surface area contributed by atoms with Gasteiger partial charge >= 0.3 is 12.0 Å². The molecule has 1 atom stereocenters. The van der Waals surface area contributed by atoms with Crippen LogP contribution in [0.1, 0.15) is 19.8 Å². The Bertz CT molecular complexity index is 355. The van der Waals surface area contributed by atoms with Crippen molar-refractivity contribution in [1.82, 2.24) is 15.5 Å². The first-order valence-electron chi connectivity index (χ1n) is 6.60. The molecular formula is C12H21N3O5. The van der Waals surface area contributed by atoms with Gasteiger partial charge in [0.1, 0.15) is 13.2 Å². The Morgan fingerprint density at radius 1 is 1.25 bits per heavy atom. The standard InChI is InChI=1S/C12H21N3O5/c1-9(15-4-2-3-5-15)6-13-12(19)14-10(16)7-20-8-11(17)18/h9H,2-8H2,1H3,(H,17,18)(H2,13,14,16,19). The third-order valence-corrected chi connectivity index (χ3v) is 3.03. The summed E-state index contributed by atoms with van der Waals surface area (Å²) in [5, 5.41) is 13.0. The van der Waals surface area contributed by atoms with Crippen molar-refractivity contribution in [1.29, 1.82) is 0 Å². The third-order valence-electron chi connectivity index (χ3n) is 3.03. The highest BCUT2D eigenvalue weighted by Crippen LogP contribution is 2.10. The van der Waals surface area contributed by atoms with Crippen LogP contribution in [0.4, 0.5) is 4.79 Å². The summed E-state index contributed by atoms with van der Waals surface area (Å²) in [5.74, 6) is -1.83. The van der Waals surface area contributed by atoms with Gasteiger partial charge < -0.3 is 15.2 Å². The Balaban J connectivity index is 2.12. The summed E-state index contributed by atoms with van der Waals surface area (Å²) in [5.41, 5.74) is 0. The molecule has 1 heterocycles. The van der Waals surface area contributed by atoms with E-state index < -0.39 is 31.1 Å². The molecule has 0 saturated carbocycles. The molecule has 20 heavy (non-hydrogen) atoms. The molecule has 0 aromatic heterocycles. The fraction of sp³-hybridized carbons (Fsp3) is 0.750. The molecule has 0 aliphatic carbocycles. The minimum Gasteiger partial charge on any atom is -0.480 e. The van der Waals surface area contributed by atoms with Crippen LogP contribution in [0, 0.1) is 0 Å². The molecule has 1 aliphatic heterocycles. The summed E-state index contributed by atoms with van der Waals surface area (Å²) in [7, 11) is 0. The average Bonchev–Trinajstić information content (AvgIpc) is 2.89. The summed E-state index contributed by atoms with van der Waals surface area (Å²) in [6.45, 7) is 3.51. The van der Waals surface area contributed by atoms with Crippen LogP contribution in [0.3, 0.4) is 0 Å². The van der Waals surface area contributed by atoms with Crippen molar-refractivity contribution in [3.05, 3.63) is 0 Å². The van der Waals surface area contributed by atoms with E-state index in [0.717, 1.165) is 13.1 Å². The van der Waals surface area contributed by atoms with Crippen molar-refractivity contribution >= 4 is 17.9 Å². The summed E-state index contributed by atoms with van der Waals surface area (Å²) in [4.78, 5) is 35.1. The summed E-state index contributed by atoms with van der Waals surface area (Å²) < 4.78 is 4.56. The molecule has 8 nitrogen and oxygen atoms in total. The van der Waals surface area contributed by atoms with E-state index in [1.54, 1.807) is 0 Å². The number of likely N-dealkylation sites (tertiary alicyclic amines) is 1. The fourth-order valence-corrected chi connectivity index (χ4v) is 1.99. The first-order chi connectivity index (χ1) is 9.49. The molecule has 0 bridgehead atoms. The summed E-state index contributed by atoms with van der Waals surface area (Å²) in [6, 6.07) is -0.374. The molecule has 1 unspecified atom stereocenters. The highest BCUT2D eigenvalue weighted by molar-refractivity contribution is 5.94. The second kappa shape index (κ2) is 8.49. The molecular weight excluding hydrogens is 266 g/mol. The third kappa shape index (κ3) is 6.48. The van der Waals surface area contributed by atoms with E-state index in [9.17, 15) is 14.4 Å². The number of urea groups is 1. The average molecular weight is 287 g/mol. The number of carboxylic acids is 1. The lowest BCUT2D eigenvalue weighted by Gasteiger charge is -2.23. The van der Waals surface area contributed by atoms with Gasteiger partial charge in [0.2, 0.25) is 0 Å². The Kier molecular flexibility index (Phi) is 6.96.